The molecule has 3 aromatic rings. The highest BCUT2D eigenvalue weighted by Crippen LogP contribution is 2.22. The van der Waals surface area contributed by atoms with Gasteiger partial charge in [-0.3, -0.25) is 0 Å². The van der Waals surface area contributed by atoms with Gasteiger partial charge in [0.05, 0.1) is 19.0 Å². The molecule has 0 amide bonds. The van der Waals surface area contributed by atoms with E-state index in [2.05, 4.69) is 4.98 Å². The van der Waals surface area contributed by atoms with Crippen LogP contribution in [-0.4, -0.2) is 16.2 Å². The number of aromatic nitrogens is 2. The lowest BCUT2D eigenvalue weighted by Crippen LogP contribution is -2.08. The number of aryl methyl sites for hydroxylation is 1. The quantitative estimate of drug-likeness (QED) is 0.520. The van der Waals surface area contributed by atoms with Gasteiger partial charge in [-0.1, -0.05) is 48.0 Å². The Balaban J connectivity index is 1.60. The molecule has 0 N–H and O–H groups in total. The average Bonchev–Trinajstić information content (AvgIpc) is 3.17. The predicted molar refractivity (Wildman–Crippen MR) is 102 cm³/mol. The van der Waals surface area contributed by atoms with Crippen LogP contribution in [0, 0.1) is 5.82 Å². The molecule has 1 heterocycles. The summed E-state index contributed by atoms with van der Waals surface area (Å²) in [5, 5.41) is 0.717. The van der Waals surface area contributed by atoms with E-state index in [4.69, 9.17) is 16.3 Å². The average molecular weight is 371 g/mol. The minimum atomic E-state index is -0.246. The van der Waals surface area contributed by atoms with E-state index in [1.165, 1.54) is 12.1 Å². The fourth-order valence-corrected chi connectivity index (χ4v) is 2.76. The smallest absolute Gasteiger partial charge is 0.123 e. The first-order chi connectivity index (χ1) is 12.7. The monoisotopic (exact) mass is 370 g/mol. The van der Waals surface area contributed by atoms with Gasteiger partial charge in [0.25, 0.3) is 0 Å². The van der Waals surface area contributed by atoms with Crippen molar-refractivity contribution in [2.45, 2.75) is 19.1 Å². The van der Waals surface area contributed by atoms with Crippen LogP contribution in [0.5, 0.6) is 0 Å². The number of nitrogens with zero attached hydrogens (tertiary/aromatic N) is 2. The molecule has 0 spiro atoms. The van der Waals surface area contributed by atoms with Crippen LogP contribution >= 0.6 is 11.6 Å². The van der Waals surface area contributed by atoms with Gasteiger partial charge >= 0.3 is 0 Å². The Bertz CT molecular complexity index is 814. The van der Waals surface area contributed by atoms with E-state index in [0.717, 1.165) is 24.1 Å². The van der Waals surface area contributed by atoms with Crippen LogP contribution in [-0.2, 0) is 11.3 Å². The van der Waals surface area contributed by atoms with Crippen LogP contribution in [0.15, 0.2) is 73.3 Å². The SMILES string of the molecule is Fc1ccc(C(CCn2ccnc2)OC/C=C/c2ccc(Cl)cc2)cc1. The van der Waals surface area contributed by atoms with Crippen LogP contribution in [0.4, 0.5) is 4.39 Å². The van der Waals surface area contributed by atoms with Crippen LogP contribution in [0.25, 0.3) is 6.08 Å². The topological polar surface area (TPSA) is 27.1 Å². The van der Waals surface area contributed by atoms with Gasteiger partial charge in [-0.05, 0) is 41.8 Å². The van der Waals surface area contributed by atoms with Crippen molar-refractivity contribution in [2.24, 2.45) is 0 Å². The van der Waals surface area contributed by atoms with E-state index < -0.39 is 0 Å². The first kappa shape index (κ1) is 18.4. The molecular formula is C21H20ClFN2O. The normalized spacial score (nSPS) is 12.5. The van der Waals surface area contributed by atoms with E-state index in [1.54, 1.807) is 24.7 Å². The predicted octanol–water partition coefficient (Wildman–Crippen LogP) is 5.54. The highest BCUT2D eigenvalue weighted by atomic mass is 35.5. The van der Waals surface area contributed by atoms with Gasteiger partial charge in [-0.2, -0.15) is 0 Å². The van der Waals surface area contributed by atoms with Crippen molar-refractivity contribution in [3.8, 4) is 0 Å². The number of imidazole rings is 1. The minimum Gasteiger partial charge on any atom is -0.369 e. The second-order valence-electron chi connectivity index (χ2n) is 5.92. The summed E-state index contributed by atoms with van der Waals surface area (Å²) in [7, 11) is 0. The second kappa shape index (κ2) is 9.32. The zero-order valence-electron chi connectivity index (χ0n) is 14.3. The van der Waals surface area contributed by atoms with Crippen molar-refractivity contribution in [2.75, 3.05) is 6.61 Å². The summed E-state index contributed by atoms with van der Waals surface area (Å²) in [6, 6.07) is 14.1. The van der Waals surface area contributed by atoms with Gasteiger partial charge in [-0.15, -0.1) is 0 Å². The van der Waals surface area contributed by atoms with E-state index in [1.807, 2.05) is 47.2 Å². The number of hydrogen-bond donors (Lipinski definition) is 0. The molecule has 1 aromatic heterocycles. The molecule has 0 aliphatic heterocycles. The number of ether oxygens (including phenoxy) is 1. The highest BCUT2D eigenvalue weighted by molar-refractivity contribution is 6.30. The Hall–Kier alpha value is -2.43. The number of halogens is 2. The molecule has 1 unspecified atom stereocenters. The fraction of sp³-hybridized carbons (Fsp3) is 0.190. The summed E-state index contributed by atoms with van der Waals surface area (Å²) in [5.74, 6) is -0.246. The molecule has 1 atom stereocenters. The summed E-state index contributed by atoms with van der Waals surface area (Å²) < 4.78 is 21.3. The molecule has 0 fully saturated rings. The maximum absolute atomic E-state index is 13.2. The molecule has 3 nitrogen and oxygen atoms in total. The first-order valence-electron chi connectivity index (χ1n) is 8.45. The van der Waals surface area contributed by atoms with Gasteiger partial charge in [0.2, 0.25) is 0 Å². The maximum Gasteiger partial charge on any atom is 0.123 e. The fourth-order valence-electron chi connectivity index (χ4n) is 2.64. The Morgan fingerprint density at radius 1 is 1.12 bits per heavy atom. The third-order valence-electron chi connectivity index (χ3n) is 4.02. The van der Waals surface area contributed by atoms with Crippen molar-refractivity contribution in [3.63, 3.8) is 0 Å². The molecule has 0 aliphatic carbocycles. The van der Waals surface area contributed by atoms with Crippen LogP contribution in [0.3, 0.4) is 0 Å². The zero-order valence-corrected chi connectivity index (χ0v) is 15.0. The molecule has 134 valence electrons. The molecule has 0 saturated carbocycles. The van der Waals surface area contributed by atoms with Crippen LogP contribution in [0.2, 0.25) is 5.02 Å². The lowest BCUT2D eigenvalue weighted by Gasteiger charge is -2.18. The molecular weight excluding hydrogens is 351 g/mol. The molecule has 0 saturated heterocycles. The lowest BCUT2D eigenvalue weighted by atomic mass is 10.1. The lowest BCUT2D eigenvalue weighted by molar-refractivity contribution is 0.0642. The van der Waals surface area contributed by atoms with Gasteiger partial charge in [0.1, 0.15) is 5.82 Å². The standard InChI is InChI=1S/C21H20ClFN2O/c22-19-7-3-17(4-8-19)2-1-15-26-21(11-13-25-14-12-24-16-25)18-5-9-20(23)10-6-18/h1-10,12,14,16,21H,11,13,15H2/b2-1+. The van der Waals surface area contributed by atoms with E-state index in [9.17, 15) is 4.39 Å². The van der Waals surface area contributed by atoms with Crippen LogP contribution in [0.1, 0.15) is 23.7 Å². The third-order valence-corrected chi connectivity index (χ3v) is 4.28. The maximum atomic E-state index is 13.2. The van der Waals surface area contributed by atoms with E-state index >= 15 is 0 Å². The minimum absolute atomic E-state index is 0.118. The summed E-state index contributed by atoms with van der Waals surface area (Å²) in [5.41, 5.74) is 2.03. The molecule has 0 aliphatic rings. The summed E-state index contributed by atoms with van der Waals surface area (Å²) in [6.07, 6.45) is 10.1. The molecule has 3 rings (SSSR count). The zero-order chi connectivity index (χ0) is 18.2. The third kappa shape index (κ3) is 5.55. The molecule has 2 aromatic carbocycles. The molecule has 0 radical (unpaired) electrons. The van der Waals surface area contributed by atoms with Gasteiger partial charge < -0.3 is 9.30 Å². The Morgan fingerprint density at radius 3 is 2.58 bits per heavy atom. The summed E-state index contributed by atoms with van der Waals surface area (Å²) in [4.78, 5) is 4.05. The second-order valence-corrected chi connectivity index (χ2v) is 6.35. The molecule has 0 bridgehead atoms. The van der Waals surface area contributed by atoms with Crippen molar-refractivity contribution in [1.29, 1.82) is 0 Å². The Kier molecular flexibility index (Phi) is 6.58. The van der Waals surface area contributed by atoms with Crippen molar-refractivity contribution in [1.82, 2.24) is 9.55 Å². The number of rotatable bonds is 8. The Labute approximate surface area is 157 Å². The van der Waals surface area contributed by atoms with Gasteiger partial charge in [0, 0.05) is 24.0 Å². The highest BCUT2D eigenvalue weighted by Gasteiger charge is 2.12. The molecule has 5 heteroatoms. The Morgan fingerprint density at radius 2 is 1.88 bits per heavy atom. The first-order valence-corrected chi connectivity index (χ1v) is 8.83. The van der Waals surface area contributed by atoms with Crippen molar-refractivity contribution in [3.05, 3.63) is 95.3 Å². The van der Waals surface area contributed by atoms with E-state index in [-0.39, 0.29) is 11.9 Å². The molecule has 26 heavy (non-hydrogen) atoms. The van der Waals surface area contributed by atoms with Crippen molar-refractivity contribution >= 4 is 17.7 Å². The van der Waals surface area contributed by atoms with E-state index in [0.29, 0.717) is 11.6 Å². The number of hydrogen-bond acceptors (Lipinski definition) is 2. The number of benzene rings is 2. The largest absolute Gasteiger partial charge is 0.369 e. The van der Waals surface area contributed by atoms with Crippen molar-refractivity contribution < 1.29 is 9.13 Å². The summed E-state index contributed by atoms with van der Waals surface area (Å²) >= 11 is 5.89. The van der Waals surface area contributed by atoms with Gasteiger partial charge in [0.15, 0.2) is 0 Å². The van der Waals surface area contributed by atoms with Crippen LogP contribution < -0.4 is 0 Å². The summed E-state index contributed by atoms with van der Waals surface area (Å²) in [6.45, 7) is 1.25. The van der Waals surface area contributed by atoms with Gasteiger partial charge in [-0.25, -0.2) is 9.37 Å².